The molecule has 1 N–H and O–H groups in total. The van der Waals surface area contributed by atoms with E-state index in [9.17, 15) is 9.59 Å². The van der Waals surface area contributed by atoms with Crippen LogP contribution in [0.3, 0.4) is 0 Å². The van der Waals surface area contributed by atoms with Crippen molar-refractivity contribution in [2.45, 2.75) is 23.9 Å². The van der Waals surface area contributed by atoms with E-state index < -0.39 is 5.25 Å². The van der Waals surface area contributed by atoms with E-state index in [2.05, 4.69) is 21.9 Å². The average molecular weight is 401 g/mol. The van der Waals surface area contributed by atoms with Crippen LogP contribution in [0, 0.1) is 0 Å². The third kappa shape index (κ3) is 4.20. The van der Waals surface area contributed by atoms with Gasteiger partial charge in [0.1, 0.15) is 0 Å². The standard InChI is InChI=1S/C19H17ClN4O2S/c1-3-11-24-18(26)13-7-4-5-8-14(13)23-19(24)27-12(2)17(25)22-15-9-6-10-21-16(15)20/h3-10,12H,1,11H2,2H3,(H,22,25)/t12-/m1/s1. The number of nitrogens with one attached hydrogen (secondary N) is 1. The van der Waals surface area contributed by atoms with Crippen LogP contribution in [0.1, 0.15) is 6.92 Å². The Labute approximate surface area is 165 Å². The number of nitrogens with zero attached hydrogens (tertiary/aromatic N) is 3. The summed E-state index contributed by atoms with van der Waals surface area (Å²) in [5, 5.41) is 3.44. The molecule has 1 amide bonds. The number of pyridine rings is 1. The van der Waals surface area contributed by atoms with Crippen molar-refractivity contribution < 1.29 is 4.79 Å². The summed E-state index contributed by atoms with van der Waals surface area (Å²) in [6.07, 6.45) is 3.17. The van der Waals surface area contributed by atoms with Crippen molar-refractivity contribution in [3.8, 4) is 0 Å². The van der Waals surface area contributed by atoms with Crippen LogP contribution in [-0.4, -0.2) is 25.7 Å². The third-order valence-electron chi connectivity index (χ3n) is 3.81. The van der Waals surface area contributed by atoms with E-state index >= 15 is 0 Å². The first-order valence-electron chi connectivity index (χ1n) is 8.19. The summed E-state index contributed by atoms with van der Waals surface area (Å²) in [6, 6.07) is 10.5. The van der Waals surface area contributed by atoms with Crippen LogP contribution < -0.4 is 10.9 Å². The maximum atomic E-state index is 12.8. The molecule has 3 rings (SSSR count). The fourth-order valence-electron chi connectivity index (χ4n) is 2.45. The van der Waals surface area contributed by atoms with Gasteiger partial charge in [0.25, 0.3) is 5.56 Å². The lowest BCUT2D eigenvalue weighted by molar-refractivity contribution is -0.115. The van der Waals surface area contributed by atoms with Crippen LogP contribution in [0.25, 0.3) is 10.9 Å². The van der Waals surface area contributed by atoms with E-state index in [1.807, 2.05) is 6.07 Å². The molecule has 0 saturated heterocycles. The largest absolute Gasteiger partial charge is 0.322 e. The monoisotopic (exact) mass is 400 g/mol. The molecule has 8 heteroatoms. The molecule has 2 aromatic heterocycles. The zero-order chi connectivity index (χ0) is 19.4. The van der Waals surface area contributed by atoms with Gasteiger partial charge in [-0.05, 0) is 31.2 Å². The maximum absolute atomic E-state index is 12.8. The Morgan fingerprint density at radius 3 is 2.89 bits per heavy atom. The Kier molecular flexibility index (Phi) is 5.93. The van der Waals surface area contributed by atoms with Gasteiger partial charge in [0.15, 0.2) is 10.3 Å². The smallest absolute Gasteiger partial charge is 0.262 e. The number of hydrogen-bond acceptors (Lipinski definition) is 5. The highest BCUT2D eigenvalue weighted by atomic mass is 35.5. The molecule has 0 saturated carbocycles. The Hall–Kier alpha value is -2.64. The van der Waals surface area contributed by atoms with E-state index in [-0.39, 0.29) is 16.6 Å². The van der Waals surface area contributed by atoms with E-state index in [1.54, 1.807) is 49.5 Å². The van der Waals surface area contributed by atoms with Gasteiger partial charge in [-0.15, -0.1) is 6.58 Å². The van der Waals surface area contributed by atoms with Crippen LogP contribution in [0.15, 0.2) is 65.2 Å². The first kappa shape index (κ1) is 19.1. The summed E-state index contributed by atoms with van der Waals surface area (Å²) in [4.78, 5) is 33.8. The molecule has 27 heavy (non-hydrogen) atoms. The Bertz CT molecular complexity index is 1070. The number of allylic oxidation sites excluding steroid dienone is 1. The average Bonchev–Trinajstić information content (AvgIpc) is 2.66. The van der Waals surface area contributed by atoms with Crippen molar-refractivity contribution in [3.63, 3.8) is 0 Å². The predicted octanol–water partition coefficient (Wildman–Crippen LogP) is 3.75. The van der Waals surface area contributed by atoms with Crippen LogP contribution in [0.5, 0.6) is 0 Å². The number of fused-ring (bicyclic) bond motifs is 1. The maximum Gasteiger partial charge on any atom is 0.262 e. The summed E-state index contributed by atoms with van der Waals surface area (Å²) in [6.45, 7) is 5.75. The molecule has 6 nitrogen and oxygen atoms in total. The van der Waals surface area contributed by atoms with Gasteiger partial charge in [-0.25, -0.2) is 9.97 Å². The molecular formula is C19H17ClN4O2S. The first-order valence-corrected chi connectivity index (χ1v) is 9.45. The summed E-state index contributed by atoms with van der Waals surface area (Å²) < 4.78 is 1.51. The Morgan fingerprint density at radius 2 is 2.15 bits per heavy atom. The SMILES string of the molecule is C=CCn1c(S[C@H](C)C(=O)Nc2cccnc2Cl)nc2ccccc2c1=O. The number of amides is 1. The van der Waals surface area contributed by atoms with Gasteiger partial charge >= 0.3 is 0 Å². The quantitative estimate of drug-likeness (QED) is 0.295. The van der Waals surface area contributed by atoms with E-state index in [4.69, 9.17) is 11.6 Å². The number of carbonyl (C=O) groups is 1. The predicted molar refractivity (Wildman–Crippen MR) is 109 cm³/mol. The molecule has 2 heterocycles. The molecule has 0 aliphatic carbocycles. The second-order valence-corrected chi connectivity index (χ2v) is 7.37. The van der Waals surface area contributed by atoms with Gasteiger partial charge in [-0.1, -0.05) is 41.6 Å². The van der Waals surface area contributed by atoms with Crippen molar-refractivity contribution in [2.24, 2.45) is 0 Å². The fraction of sp³-hybridized carbons (Fsp3) is 0.158. The Balaban J connectivity index is 1.89. The molecule has 0 bridgehead atoms. The molecule has 0 aliphatic heterocycles. The van der Waals surface area contributed by atoms with Crippen molar-refractivity contribution in [1.82, 2.24) is 14.5 Å². The van der Waals surface area contributed by atoms with Crippen molar-refractivity contribution in [1.29, 1.82) is 0 Å². The van der Waals surface area contributed by atoms with E-state index in [1.165, 1.54) is 16.3 Å². The third-order valence-corrected chi connectivity index (χ3v) is 5.20. The fourth-order valence-corrected chi connectivity index (χ4v) is 3.54. The molecule has 3 aromatic rings. The molecule has 0 spiro atoms. The highest BCUT2D eigenvalue weighted by molar-refractivity contribution is 8.00. The van der Waals surface area contributed by atoms with Gasteiger partial charge in [0.05, 0.1) is 21.8 Å². The topological polar surface area (TPSA) is 76.9 Å². The lowest BCUT2D eigenvalue weighted by Gasteiger charge is -2.15. The minimum absolute atomic E-state index is 0.161. The number of hydrogen-bond donors (Lipinski definition) is 1. The van der Waals surface area contributed by atoms with Crippen molar-refractivity contribution in [2.75, 3.05) is 5.32 Å². The number of para-hydroxylation sites is 1. The lowest BCUT2D eigenvalue weighted by atomic mass is 10.2. The highest BCUT2D eigenvalue weighted by Gasteiger charge is 2.20. The van der Waals surface area contributed by atoms with E-state index in [0.717, 1.165) is 0 Å². The highest BCUT2D eigenvalue weighted by Crippen LogP contribution is 2.25. The first-order chi connectivity index (χ1) is 13.0. The normalized spacial score (nSPS) is 11.9. The second-order valence-electron chi connectivity index (χ2n) is 5.71. The number of anilines is 1. The molecule has 1 aromatic carbocycles. The molecule has 0 radical (unpaired) electrons. The van der Waals surface area contributed by atoms with Gasteiger partial charge < -0.3 is 5.32 Å². The molecule has 0 fully saturated rings. The van der Waals surface area contributed by atoms with Crippen LogP contribution >= 0.6 is 23.4 Å². The number of aromatic nitrogens is 3. The number of rotatable bonds is 6. The van der Waals surface area contributed by atoms with Gasteiger partial charge in [-0.3, -0.25) is 14.2 Å². The van der Waals surface area contributed by atoms with E-state index in [0.29, 0.717) is 28.3 Å². The van der Waals surface area contributed by atoms with Crippen molar-refractivity contribution >= 4 is 45.9 Å². The van der Waals surface area contributed by atoms with Gasteiger partial charge in [0, 0.05) is 12.7 Å². The summed E-state index contributed by atoms with van der Waals surface area (Å²) in [5.41, 5.74) is 0.866. The van der Waals surface area contributed by atoms with Crippen LogP contribution in [0.2, 0.25) is 5.15 Å². The summed E-state index contributed by atoms with van der Waals surface area (Å²) in [7, 11) is 0. The van der Waals surface area contributed by atoms with Crippen LogP contribution in [-0.2, 0) is 11.3 Å². The molecule has 0 aliphatic rings. The van der Waals surface area contributed by atoms with Gasteiger partial charge in [0.2, 0.25) is 5.91 Å². The number of benzene rings is 1. The molecule has 0 unspecified atom stereocenters. The zero-order valence-electron chi connectivity index (χ0n) is 14.6. The zero-order valence-corrected chi connectivity index (χ0v) is 16.1. The number of thioether (sulfide) groups is 1. The molecule has 138 valence electrons. The minimum atomic E-state index is -0.509. The minimum Gasteiger partial charge on any atom is -0.322 e. The second kappa shape index (κ2) is 8.37. The molecule has 1 atom stereocenters. The van der Waals surface area contributed by atoms with Crippen molar-refractivity contribution in [3.05, 3.63) is 70.8 Å². The summed E-state index contributed by atoms with van der Waals surface area (Å²) in [5.74, 6) is -0.262. The molecular weight excluding hydrogens is 384 g/mol. The van der Waals surface area contributed by atoms with Crippen LogP contribution in [0.4, 0.5) is 5.69 Å². The summed E-state index contributed by atoms with van der Waals surface area (Å²) >= 11 is 7.19. The number of carbonyl (C=O) groups excluding carboxylic acids is 1. The number of halogens is 1. The Morgan fingerprint density at radius 1 is 1.37 bits per heavy atom. The van der Waals surface area contributed by atoms with Gasteiger partial charge in [-0.2, -0.15) is 0 Å². The lowest BCUT2D eigenvalue weighted by Crippen LogP contribution is -2.27.